The summed E-state index contributed by atoms with van der Waals surface area (Å²) >= 11 is 0. The van der Waals surface area contributed by atoms with Crippen molar-refractivity contribution in [2.24, 2.45) is 23.7 Å². The van der Waals surface area contributed by atoms with Crippen molar-refractivity contribution in [1.82, 2.24) is 0 Å². The van der Waals surface area contributed by atoms with Crippen LogP contribution in [0.2, 0.25) is 0 Å². The van der Waals surface area contributed by atoms with Crippen molar-refractivity contribution in [3.05, 3.63) is 48.5 Å². The zero-order valence-electron chi connectivity index (χ0n) is 20.5. The average Bonchev–Trinajstić information content (AvgIpc) is 3.37. The summed E-state index contributed by atoms with van der Waals surface area (Å²) in [5.74, 6) is -0.495. The van der Waals surface area contributed by atoms with E-state index in [0.29, 0.717) is 29.6 Å². The number of hydrogen-bond acceptors (Lipinski definition) is 6. The van der Waals surface area contributed by atoms with E-state index in [-0.39, 0.29) is 42.5 Å². The first-order valence-electron chi connectivity index (χ1n) is 12.6. The Morgan fingerprint density at radius 2 is 1.53 bits per heavy atom. The van der Waals surface area contributed by atoms with Gasteiger partial charge in [0.25, 0.3) is 0 Å². The quantitative estimate of drug-likeness (QED) is 0.346. The van der Waals surface area contributed by atoms with E-state index in [9.17, 15) is 19.2 Å². The van der Waals surface area contributed by atoms with Gasteiger partial charge in [0.2, 0.25) is 17.7 Å². The van der Waals surface area contributed by atoms with E-state index in [1.807, 2.05) is 6.92 Å². The Morgan fingerprint density at radius 3 is 2.22 bits per heavy atom. The molecular weight excluding hydrogens is 460 g/mol. The minimum atomic E-state index is -0.587. The Hall–Kier alpha value is -3.68. The van der Waals surface area contributed by atoms with E-state index in [1.54, 1.807) is 53.4 Å². The second-order valence-electron chi connectivity index (χ2n) is 9.89. The fourth-order valence-corrected chi connectivity index (χ4v) is 5.51. The largest absolute Gasteiger partial charge is 0.494 e. The second kappa shape index (κ2) is 9.76. The lowest BCUT2D eigenvalue weighted by molar-refractivity contribution is -0.139. The summed E-state index contributed by atoms with van der Waals surface area (Å²) in [5, 5.41) is 0. The fourth-order valence-electron chi connectivity index (χ4n) is 5.51. The summed E-state index contributed by atoms with van der Waals surface area (Å²) in [6, 6.07) is 13.6. The molecule has 8 heteroatoms. The molecule has 2 heterocycles. The van der Waals surface area contributed by atoms with Crippen molar-refractivity contribution >= 4 is 35.1 Å². The predicted octanol–water partition coefficient (Wildman–Crippen LogP) is 3.97. The zero-order valence-corrected chi connectivity index (χ0v) is 20.5. The van der Waals surface area contributed by atoms with Crippen molar-refractivity contribution in [2.45, 2.75) is 39.5 Å². The Kier molecular flexibility index (Phi) is 6.51. The van der Waals surface area contributed by atoms with Crippen LogP contribution in [0, 0.1) is 23.7 Å². The van der Waals surface area contributed by atoms with Gasteiger partial charge < -0.3 is 14.4 Å². The highest BCUT2D eigenvalue weighted by atomic mass is 16.5. The predicted molar refractivity (Wildman–Crippen MR) is 133 cm³/mol. The van der Waals surface area contributed by atoms with Crippen LogP contribution in [0.25, 0.3) is 0 Å². The number of nitrogens with zero attached hydrogens (tertiary/aromatic N) is 2. The monoisotopic (exact) mass is 490 g/mol. The number of fused-ring (bicyclic) bond motifs is 1. The van der Waals surface area contributed by atoms with Gasteiger partial charge >= 0.3 is 5.97 Å². The second-order valence-corrected chi connectivity index (χ2v) is 9.89. The van der Waals surface area contributed by atoms with Crippen LogP contribution >= 0.6 is 0 Å². The maximum atomic E-state index is 12.9. The molecule has 0 radical (unpaired) electrons. The van der Waals surface area contributed by atoms with E-state index in [2.05, 4.69) is 6.92 Å². The van der Waals surface area contributed by atoms with Gasteiger partial charge in [-0.3, -0.25) is 24.1 Å². The fraction of sp³-hybridized carbons (Fsp3) is 0.429. The van der Waals surface area contributed by atoms with Crippen molar-refractivity contribution in [3.63, 3.8) is 0 Å². The molecule has 0 spiro atoms. The van der Waals surface area contributed by atoms with Crippen LogP contribution in [0.5, 0.6) is 11.5 Å². The molecule has 3 amide bonds. The van der Waals surface area contributed by atoms with E-state index in [0.717, 1.165) is 25.0 Å². The van der Waals surface area contributed by atoms with E-state index in [1.165, 1.54) is 4.90 Å². The molecule has 2 aromatic rings. The van der Waals surface area contributed by atoms with Gasteiger partial charge in [0.1, 0.15) is 11.5 Å². The number of anilines is 2. The molecule has 1 saturated carbocycles. The van der Waals surface area contributed by atoms with Crippen molar-refractivity contribution in [3.8, 4) is 11.5 Å². The third-order valence-electron chi connectivity index (χ3n) is 7.42. The summed E-state index contributed by atoms with van der Waals surface area (Å²) < 4.78 is 11.0. The molecule has 3 aliphatic rings. The summed E-state index contributed by atoms with van der Waals surface area (Å²) in [6.45, 7) is 4.82. The molecule has 2 aromatic carbocycles. The normalized spacial score (nSPS) is 25.8. The van der Waals surface area contributed by atoms with Crippen LogP contribution in [-0.2, 0) is 19.2 Å². The highest BCUT2D eigenvalue weighted by Gasteiger charge is 2.50. The van der Waals surface area contributed by atoms with Gasteiger partial charge in [-0.2, -0.15) is 0 Å². The first-order valence-corrected chi connectivity index (χ1v) is 12.6. The maximum absolute atomic E-state index is 12.9. The third-order valence-corrected chi connectivity index (χ3v) is 7.42. The molecule has 2 saturated heterocycles. The number of imide groups is 1. The molecule has 8 nitrogen and oxygen atoms in total. The van der Waals surface area contributed by atoms with Crippen LogP contribution < -0.4 is 19.3 Å². The number of carbonyl (C=O) groups excluding carboxylic acids is 4. The topological polar surface area (TPSA) is 93.2 Å². The molecule has 0 bridgehead atoms. The van der Waals surface area contributed by atoms with Crippen LogP contribution in [-0.4, -0.2) is 36.8 Å². The molecule has 2 aliphatic heterocycles. The molecule has 3 fully saturated rings. The zero-order chi connectivity index (χ0) is 25.4. The molecule has 0 aromatic heterocycles. The number of benzene rings is 2. The average molecular weight is 491 g/mol. The molecule has 4 atom stereocenters. The Morgan fingerprint density at radius 1 is 0.889 bits per heavy atom. The molecule has 188 valence electrons. The SMILES string of the molecule is CCOc1ccc(N2C[C@@H](C(=O)Oc3ccc(N4C(=O)[C@H]5C[C@H](C)CC[C@H]5C4=O)cc3)CC2=O)cc1. The number of amides is 3. The van der Waals surface area contributed by atoms with Crippen LogP contribution in [0.4, 0.5) is 11.4 Å². The van der Waals surface area contributed by atoms with Crippen molar-refractivity contribution < 1.29 is 28.7 Å². The van der Waals surface area contributed by atoms with Gasteiger partial charge in [-0.15, -0.1) is 0 Å². The molecule has 1 aliphatic carbocycles. The standard InChI is InChI=1S/C28H30N2O6/c1-3-35-21-9-5-19(6-10-21)29-16-18(15-25(29)31)28(34)36-22-11-7-20(8-12-22)30-26(32)23-13-4-17(2)14-24(23)27(30)33/h5-12,17-18,23-24H,3-4,13-16H2,1-2H3/t17-,18+,23-,24+/m1/s1. The molecular formula is C28H30N2O6. The highest BCUT2D eigenvalue weighted by Crippen LogP contribution is 2.42. The smallest absolute Gasteiger partial charge is 0.316 e. The van der Waals surface area contributed by atoms with Crippen LogP contribution in [0.15, 0.2) is 48.5 Å². The van der Waals surface area contributed by atoms with Gasteiger partial charge in [-0.1, -0.05) is 6.92 Å². The number of esters is 1. The lowest BCUT2D eigenvalue weighted by Crippen LogP contribution is -2.30. The van der Waals surface area contributed by atoms with Crippen LogP contribution in [0.1, 0.15) is 39.5 Å². The number of carbonyl (C=O) groups is 4. The van der Waals surface area contributed by atoms with Crippen LogP contribution in [0.3, 0.4) is 0 Å². The Bertz CT molecular complexity index is 1180. The minimum absolute atomic E-state index is 0.0715. The summed E-state index contributed by atoms with van der Waals surface area (Å²) in [7, 11) is 0. The summed E-state index contributed by atoms with van der Waals surface area (Å²) in [4.78, 5) is 54.0. The lowest BCUT2D eigenvalue weighted by Gasteiger charge is -2.25. The van der Waals surface area contributed by atoms with E-state index >= 15 is 0 Å². The van der Waals surface area contributed by atoms with Gasteiger partial charge in [0.05, 0.1) is 30.0 Å². The minimum Gasteiger partial charge on any atom is -0.494 e. The molecule has 5 rings (SSSR count). The Balaban J connectivity index is 1.21. The molecule has 0 unspecified atom stereocenters. The summed E-state index contributed by atoms with van der Waals surface area (Å²) in [6.07, 6.45) is 2.52. The number of rotatable bonds is 6. The van der Waals surface area contributed by atoms with E-state index < -0.39 is 11.9 Å². The Labute approximate surface area is 210 Å². The van der Waals surface area contributed by atoms with Crippen molar-refractivity contribution in [2.75, 3.05) is 23.0 Å². The number of ether oxygens (including phenoxy) is 2. The molecule has 0 N–H and O–H groups in total. The van der Waals surface area contributed by atoms with Gasteiger partial charge in [-0.25, -0.2) is 0 Å². The highest BCUT2D eigenvalue weighted by molar-refractivity contribution is 6.22. The van der Waals surface area contributed by atoms with Crippen molar-refractivity contribution in [1.29, 1.82) is 0 Å². The van der Waals surface area contributed by atoms with Gasteiger partial charge in [0, 0.05) is 18.7 Å². The first-order chi connectivity index (χ1) is 17.4. The van der Waals surface area contributed by atoms with E-state index in [4.69, 9.17) is 9.47 Å². The third kappa shape index (κ3) is 4.47. The van der Waals surface area contributed by atoms with Gasteiger partial charge in [0.15, 0.2) is 0 Å². The number of hydrogen-bond donors (Lipinski definition) is 0. The summed E-state index contributed by atoms with van der Waals surface area (Å²) in [5.41, 5.74) is 1.20. The first kappa shape index (κ1) is 24.0. The lowest BCUT2D eigenvalue weighted by atomic mass is 9.76. The molecule has 36 heavy (non-hydrogen) atoms. The maximum Gasteiger partial charge on any atom is 0.316 e. The van der Waals surface area contributed by atoms with Gasteiger partial charge in [-0.05, 0) is 80.6 Å².